The molecule has 372 valence electrons. The molecule has 0 radical (unpaired) electrons. The zero-order valence-electron chi connectivity index (χ0n) is 42.6. The van der Waals surface area contributed by atoms with Crippen LogP contribution in [0.4, 0.5) is 0 Å². The molecule has 0 rings (SSSR count). The van der Waals surface area contributed by atoms with Crippen LogP contribution >= 0.6 is 0 Å². The molecule has 1 unspecified atom stereocenters. The van der Waals surface area contributed by atoms with E-state index in [4.69, 9.17) is 14.2 Å². The molecule has 0 bridgehead atoms. The molecule has 0 aromatic heterocycles. The Morgan fingerprint density at radius 2 is 0.609 bits per heavy atom. The standard InChI is InChI=1S/C58H104O6/c1-4-7-10-13-16-19-22-25-27-28-29-31-33-36-39-42-45-48-51-57(60)63-54-55(53-62-56(59)50-47-44-41-38-35-32-24-21-18-15-12-9-6-3)64-58(61)52-49-46-43-40-37-34-30-26-23-20-17-14-11-8-5-2/h9,12,15,18,21,24,32,35,55H,4-8,10-11,13-14,16-17,19-20,22-23,25-31,33-34,36-54H2,1-3H3/b12-9+,18-15+,24-21+,35-32+. The Kier molecular flexibility index (Phi) is 50.8. The lowest BCUT2D eigenvalue weighted by Gasteiger charge is -2.18. The van der Waals surface area contributed by atoms with Crippen LogP contribution in [0.1, 0.15) is 284 Å². The van der Waals surface area contributed by atoms with Crippen molar-refractivity contribution in [3.05, 3.63) is 48.6 Å². The van der Waals surface area contributed by atoms with Crippen LogP contribution in [0.3, 0.4) is 0 Å². The number of carbonyl (C=O) groups excluding carboxylic acids is 3. The van der Waals surface area contributed by atoms with Crippen LogP contribution in [0.25, 0.3) is 0 Å². The molecule has 0 saturated carbocycles. The summed E-state index contributed by atoms with van der Waals surface area (Å²) in [6.07, 6.45) is 63.9. The third kappa shape index (κ3) is 50.4. The van der Waals surface area contributed by atoms with Crippen molar-refractivity contribution >= 4 is 17.9 Å². The highest BCUT2D eigenvalue weighted by Gasteiger charge is 2.19. The summed E-state index contributed by atoms with van der Waals surface area (Å²) in [7, 11) is 0. The van der Waals surface area contributed by atoms with Gasteiger partial charge in [0, 0.05) is 19.3 Å². The summed E-state index contributed by atoms with van der Waals surface area (Å²) in [6.45, 7) is 6.50. The predicted molar refractivity (Wildman–Crippen MR) is 275 cm³/mol. The monoisotopic (exact) mass is 897 g/mol. The fraction of sp³-hybridized carbons (Fsp3) is 0.810. The Balaban J connectivity index is 4.35. The first-order valence-electron chi connectivity index (χ1n) is 27.7. The van der Waals surface area contributed by atoms with Crippen LogP contribution in [0.2, 0.25) is 0 Å². The molecular formula is C58H104O6. The molecule has 0 aromatic carbocycles. The molecule has 1 atom stereocenters. The quantitative estimate of drug-likeness (QED) is 0.0262. The molecule has 0 saturated heterocycles. The van der Waals surface area contributed by atoms with Gasteiger partial charge in [0.05, 0.1) is 0 Å². The molecule has 0 heterocycles. The number of allylic oxidation sites excluding steroid dienone is 8. The largest absolute Gasteiger partial charge is 0.462 e. The van der Waals surface area contributed by atoms with Gasteiger partial charge in [-0.1, -0.05) is 275 Å². The Morgan fingerprint density at radius 1 is 0.328 bits per heavy atom. The lowest BCUT2D eigenvalue weighted by molar-refractivity contribution is -0.167. The summed E-state index contributed by atoms with van der Waals surface area (Å²) in [5.74, 6) is -0.907. The summed E-state index contributed by atoms with van der Waals surface area (Å²) in [6, 6.07) is 0. The number of esters is 3. The molecular weight excluding hydrogens is 793 g/mol. The van der Waals surface area contributed by atoms with Gasteiger partial charge >= 0.3 is 17.9 Å². The van der Waals surface area contributed by atoms with Gasteiger partial charge in [-0.25, -0.2) is 0 Å². The minimum atomic E-state index is -0.784. The molecule has 0 fully saturated rings. The highest BCUT2D eigenvalue weighted by molar-refractivity contribution is 5.71. The van der Waals surface area contributed by atoms with E-state index in [0.717, 1.165) is 70.6 Å². The molecule has 0 N–H and O–H groups in total. The van der Waals surface area contributed by atoms with Crippen molar-refractivity contribution in [3.8, 4) is 0 Å². The summed E-state index contributed by atoms with van der Waals surface area (Å²) in [5.41, 5.74) is 0. The Labute approximate surface area is 397 Å². The second-order valence-corrected chi connectivity index (χ2v) is 18.6. The van der Waals surface area contributed by atoms with Crippen molar-refractivity contribution < 1.29 is 28.6 Å². The summed E-state index contributed by atoms with van der Waals surface area (Å²) >= 11 is 0. The van der Waals surface area contributed by atoms with Crippen molar-refractivity contribution in [1.82, 2.24) is 0 Å². The van der Waals surface area contributed by atoms with E-state index >= 15 is 0 Å². The van der Waals surface area contributed by atoms with E-state index in [1.807, 2.05) is 30.4 Å². The lowest BCUT2D eigenvalue weighted by atomic mass is 10.0. The van der Waals surface area contributed by atoms with Crippen LogP contribution in [0.15, 0.2) is 48.6 Å². The van der Waals surface area contributed by atoms with Crippen LogP contribution in [-0.2, 0) is 28.6 Å². The molecule has 0 spiro atoms. The molecule has 64 heavy (non-hydrogen) atoms. The number of rotatable bonds is 50. The second-order valence-electron chi connectivity index (χ2n) is 18.6. The molecule has 6 nitrogen and oxygen atoms in total. The van der Waals surface area contributed by atoms with Crippen molar-refractivity contribution in [3.63, 3.8) is 0 Å². The summed E-state index contributed by atoms with van der Waals surface area (Å²) in [5, 5.41) is 0. The third-order valence-corrected chi connectivity index (χ3v) is 12.2. The topological polar surface area (TPSA) is 78.9 Å². The maximum atomic E-state index is 12.8. The maximum absolute atomic E-state index is 12.8. The Hall–Kier alpha value is -2.63. The highest BCUT2D eigenvalue weighted by Crippen LogP contribution is 2.17. The normalized spacial score (nSPS) is 12.4. The number of unbranched alkanes of at least 4 members (excludes halogenated alkanes) is 34. The number of ether oxygens (including phenoxy) is 3. The van der Waals surface area contributed by atoms with E-state index in [2.05, 4.69) is 39.0 Å². The van der Waals surface area contributed by atoms with E-state index in [1.165, 1.54) is 173 Å². The van der Waals surface area contributed by atoms with Gasteiger partial charge in [0.2, 0.25) is 0 Å². The van der Waals surface area contributed by atoms with Gasteiger partial charge in [0.1, 0.15) is 13.2 Å². The second kappa shape index (κ2) is 53.0. The molecule has 0 aromatic rings. The predicted octanol–water partition coefficient (Wildman–Crippen LogP) is 18.3. The van der Waals surface area contributed by atoms with Gasteiger partial charge in [0.15, 0.2) is 6.10 Å². The fourth-order valence-corrected chi connectivity index (χ4v) is 8.04. The van der Waals surface area contributed by atoms with Gasteiger partial charge in [-0.2, -0.15) is 0 Å². The first-order chi connectivity index (χ1) is 31.5. The van der Waals surface area contributed by atoms with Crippen molar-refractivity contribution in [2.75, 3.05) is 13.2 Å². The Bertz CT molecular complexity index is 1120. The number of carbonyl (C=O) groups is 3. The smallest absolute Gasteiger partial charge is 0.306 e. The third-order valence-electron chi connectivity index (χ3n) is 12.2. The zero-order valence-corrected chi connectivity index (χ0v) is 42.6. The number of hydrogen-bond acceptors (Lipinski definition) is 6. The molecule has 0 aliphatic carbocycles. The Morgan fingerprint density at radius 3 is 0.953 bits per heavy atom. The average Bonchev–Trinajstić information content (AvgIpc) is 3.29. The number of hydrogen-bond donors (Lipinski definition) is 0. The first-order valence-corrected chi connectivity index (χ1v) is 27.7. The van der Waals surface area contributed by atoms with Crippen LogP contribution in [-0.4, -0.2) is 37.2 Å². The maximum Gasteiger partial charge on any atom is 0.306 e. The average molecular weight is 897 g/mol. The van der Waals surface area contributed by atoms with Crippen molar-refractivity contribution in [2.45, 2.75) is 290 Å². The van der Waals surface area contributed by atoms with Crippen molar-refractivity contribution in [1.29, 1.82) is 0 Å². The van der Waals surface area contributed by atoms with Gasteiger partial charge in [0.25, 0.3) is 0 Å². The molecule has 0 aliphatic heterocycles. The van der Waals surface area contributed by atoms with E-state index < -0.39 is 6.10 Å². The van der Waals surface area contributed by atoms with Crippen molar-refractivity contribution in [2.24, 2.45) is 0 Å². The first kappa shape index (κ1) is 61.4. The van der Waals surface area contributed by atoms with Crippen LogP contribution < -0.4 is 0 Å². The lowest BCUT2D eigenvalue weighted by Crippen LogP contribution is -2.30. The van der Waals surface area contributed by atoms with E-state index in [9.17, 15) is 14.4 Å². The fourth-order valence-electron chi connectivity index (χ4n) is 8.04. The van der Waals surface area contributed by atoms with Crippen LogP contribution in [0, 0.1) is 0 Å². The van der Waals surface area contributed by atoms with Gasteiger partial charge in [-0.3, -0.25) is 14.4 Å². The van der Waals surface area contributed by atoms with E-state index in [-0.39, 0.29) is 31.1 Å². The minimum Gasteiger partial charge on any atom is -0.462 e. The van der Waals surface area contributed by atoms with Gasteiger partial charge in [-0.15, -0.1) is 0 Å². The minimum absolute atomic E-state index is 0.0816. The molecule has 6 heteroatoms. The summed E-state index contributed by atoms with van der Waals surface area (Å²) < 4.78 is 16.8. The van der Waals surface area contributed by atoms with Gasteiger partial charge < -0.3 is 14.2 Å². The van der Waals surface area contributed by atoms with Gasteiger partial charge in [-0.05, 0) is 38.5 Å². The molecule has 0 aliphatic rings. The molecule has 0 amide bonds. The highest BCUT2D eigenvalue weighted by atomic mass is 16.6. The van der Waals surface area contributed by atoms with Crippen LogP contribution in [0.5, 0.6) is 0 Å². The summed E-state index contributed by atoms with van der Waals surface area (Å²) in [4.78, 5) is 38.0. The van der Waals surface area contributed by atoms with E-state index in [0.29, 0.717) is 19.3 Å². The zero-order chi connectivity index (χ0) is 46.5. The van der Waals surface area contributed by atoms with E-state index in [1.54, 1.807) is 0 Å². The SMILES string of the molecule is CC/C=C/C=C/C=C/C=C/CCCCCC(=O)OCC(COC(=O)CCCCCCCCCCCCCCCCCCCC)OC(=O)CCCCCCCCCCCCCCCCC.